The molecule has 3 aromatic carbocycles. The van der Waals surface area contributed by atoms with Crippen molar-refractivity contribution in [2.24, 2.45) is 0 Å². The SMILES string of the molecule is CCC(C(=O)NC(C)C)N(CCc1ccccc1)C(=O)CN(c1cc(C)ccc1OC)S(=O)(=O)c1ccccc1. The summed E-state index contributed by atoms with van der Waals surface area (Å²) in [6, 6.07) is 22.0. The molecule has 0 aliphatic carbocycles. The van der Waals surface area contributed by atoms with E-state index in [1.165, 1.54) is 24.1 Å². The van der Waals surface area contributed by atoms with Crippen molar-refractivity contribution in [2.45, 2.75) is 57.5 Å². The second-order valence-electron chi connectivity index (χ2n) is 9.91. The van der Waals surface area contributed by atoms with Crippen LogP contribution in [0.15, 0.2) is 83.8 Å². The van der Waals surface area contributed by atoms with Gasteiger partial charge >= 0.3 is 0 Å². The summed E-state index contributed by atoms with van der Waals surface area (Å²) < 4.78 is 34.6. The number of benzene rings is 3. The minimum atomic E-state index is -4.17. The van der Waals surface area contributed by atoms with Crippen LogP contribution in [0.3, 0.4) is 0 Å². The molecule has 0 fully saturated rings. The van der Waals surface area contributed by atoms with Gasteiger partial charge in [-0.1, -0.05) is 61.5 Å². The highest BCUT2D eigenvalue weighted by Gasteiger charge is 2.34. The lowest BCUT2D eigenvalue weighted by molar-refractivity contribution is -0.139. The van der Waals surface area contributed by atoms with Gasteiger partial charge in [-0.2, -0.15) is 0 Å². The second-order valence-corrected chi connectivity index (χ2v) is 11.8. The zero-order chi connectivity index (χ0) is 29.3. The van der Waals surface area contributed by atoms with E-state index in [-0.39, 0.29) is 29.1 Å². The van der Waals surface area contributed by atoms with Crippen molar-refractivity contribution in [3.05, 3.63) is 90.0 Å². The lowest BCUT2D eigenvalue weighted by Crippen LogP contribution is -2.54. The van der Waals surface area contributed by atoms with Crippen LogP contribution in [-0.4, -0.2) is 57.4 Å². The average Bonchev–Trinajstić information content (AvgIpc) is 2.94. The van der Waals surface area contributed by atoms with Gasteiger partial charge in [0.2, 0.25) is 11.8 Å². The van der Waals surface area contributed by atoms with E-state index in [9.17, 15) is 18.0 Å². The van der Waals surface area contributed by atoms with E-state index in [2.05, 4.69) is 5.32 Å². The van der Waals surface area contributed by atoms with Crippen LogP contribution >= 0.6 is 0 Å². The second kappa shape index (κ2) is 14.0. The van der Waals surface area contributed by atoms with Crippen molar-refractivity contribution in [3.8, 4) is 5.75 Å². The summed E-state index contributed by atoms with van der Waals surface area (Å²) in [5.74, 6) is -0.437. The third kappa shape index (κ3) is 7.63. The maximum atomic E-state index is 14.1. The molecule has 3 aromatic rings. The number of ether oxygens (including phenoxy) is 1. The Morgan fingerprint density at radius 3 is 2.15 bits per heavy atom. The Bertz CT molecular complexity index is 1380. The van der Waals surface area contributed by atoms with Crippen LogP contribution in [0.25, 0.3) is 0 Å². The first-order valence-corrected chi connectivity index (χ1v) is 14.9. The molecule has 1 atom stereocenters. The van der Waals surface area contributed by atoms with Crippen LogP contribution in [0, 0.1) is 6.92 Å². The zero-order valence-corrected chi connectivity index (χ0v) is 24.6. The largest absolute Gasteiger partial charge is 0.495 e. The molecule has 0 radical (unpaired) electrons. The van der Waals surface area contributed by atoms with Gasteiger partial charge in [-0.15, -0.1) is 0 Å². The number of hydrogen-bond donors (Lipinski definition) is 1. The monoisotopic (exact) mass is 565 g/mol. The van der Waals surface area contributed by atoms with Gasteiger partial charge in [0.05, 0.1) is 17.7 Å². The van der Waals surface area contributed by atoms with Crippen LogP contribution in [0.2, 0.25) is 0 Å². The summed E-state index contributed by atoms with van der Waals surface area (Å²) in [5, 5.41) is 2.91. The third-order valence-electron chi connectivity index (χ3n) is 6.51. The van der Waals surface area contributed by atoms with Gasteiger partial charge in [-0.25, -0.2) is 8.42 Å². The summed E-state index contributed by atoms with van der Waals surface area (Å²) in [6.45, 7) is 7.15. The molecular formula is C31H39N3O5S. The fourth-order valence-corrected chi connectivity index (χ4v) is 5.94. The molecule has 0 aromatic heterocycles. The molecule has 0 saturated heterocycles. The Morgan fingerprint density at radius 1 is 0.950 bits per heavy atom. The maximum Gasteiger partial charge on any atom is 0.264 e. The third-order valence-corrected chi connectivity index (χ3v) is 8.29. The van der Waals surface area contributed by atoms with Crippen molar-refractivity contribution in [2.75, 3.05) is 24.5 Å². The van der Waals surface area contributed by atoms with Crippen molar-refractivity contribution < 1.29 is 22.7 Å². The average molecular weight is 566 g/mol. The first kappa shape index (κ1) is 30.7. The van der Waals surface area contributed by atoms with E-state index in [1.807, 2.05) is 64.1 Å². The number of nitrogens with zero attached hydrogens (tertiary/aromatic N) is 2. The summed E-state index contributed by atoms with van der Waals surface area (Å²) in [7, 11) is -2.71. The van der Waals surface area contributed by atoms with Crippen LogP contribution in [0.4, 0.5) is 5.69 Å². The Kier molecular flexibility index (Phi) is 10.7. The highest BCUT2D eigenvalue weighted by atomic mass is 32.2. The molecule has 0 aliphatic heterocycles. The van der Waals surface area contributed by atoms with Gasteiger partial charge < -0.3 is 15.0 Å². The van der Waals surface area contributed by atoms with E-state index in [0.29, 0.717) is 18.6 Å². The Morgan fingerprint density at radius 2 is 1.57 bits per heavy atom. The summed E-state index contributed by atoms with van der Waals surface area (Å²) in [5.41, 5.74) is 2.07. The predicted molar refractivity (Wildman–Crippen MR) is 158 cm³/mol. The van der Waals surface area contributed by atoms with Gasteiger partial charge in [-0.3, -0.25) is 13.9 Å². The topological polar surface area (TPSA) is 96.0 Å². The molecule has 2 amide bonds. The fourth-order valence-electron chi connectivity index (χ4n) is 4.50. The molecule has 214 valence electrons. The minimum Gasteiger partial charge on any atom is -0.495 e. The lowest BCUT2D eigenvalue weighted by atomic mass is 10.1. The standard InChI is InChI=1S/C31H39N3O5S/c1-6-27(31(36)32-23(2)3)33(20-19-25-13-9-7-10-14-25)30(35)22-34(28-21-24(4)17-18-29(28)39-5)40(37,38)26-15-11-8-12-16-26/h7-18,21,23,27H,6,19-20,22H2,1-5H3,(H,32,36). The Balaban J connectivity index is 2.07. The summed E-state index contributed by atoms with van der Waals surface area (Å²) in [6.07, 6.45) is 0.884. The lowest BCUT2D eigenvalue weighted by Gasteiger charge is -2.34. The Hall–Kier alpha value is -3.85. The molecule has 8 nitrogen and oxygen atoms in total. The molecule has 40 heavy (non-hydrogen) atoms. The molecule has 1 unspecified atom stereocenters. The number of rotatable bonds is 13. The van der Waals surface area contributed by atoms with Crippen molar-refractivity contribution >= 4 is 27.5 Å². The molecule has 0 heterocycles. The summed E-state index contributed by atoms with van der Waals surface area (Å²) in [4.78, 5) is 28.9. The van der Waals surface area contributed by atoms with Gasteiger partial charge in [0.1, 0.15) is 18.3 Å². The number of carbonyl (C=O) groups excluding carboxylic acids is 2. The van der Waals surface area contributed by atoms with Crippen LogP contribution in [0.5, 0.6) is 5.75 Å². The number of amides is 2. The van der Waals surface area contributed by atoms with Gasteiger partial charge in [0, 0.05) is 12.6 Å². The number of hydrogen-bond acceptors (Lipinski definition) is 5. The van der Waals surface area contributed by atoms with Crippen LogP contribution < -0.4 is 14.4 Å². The normalized spacial score (nSPS) is 12.1. The van der Waals surface area contributed by atoms with Crippen molar-refractivity contribution in [3.63, 3.8) is 0 Å². The molecule has 9 heteroatoms. The Labute approximate surface area is 238 Å². The number of anilines is 1. The number of methoxy groups -OCH3 is 1. The minimum absolute atomic E-state index is 0.0480. The van der Waals surface area contributed by atoms with Crippen molar-refractivity contribution in [1.82, 2.24) is 10.2 Å². The predicted octanol–water partition coefficient (Wildman–Crippen LogP) is 4.57. The summed E-state index contributed by atoms with van der Waals surface area (Å²) >= 11 is 0. The zero-order valence-electron chi connectivity index (χ0n) is 23.8. The smallest absolute Gasteiger partial charge is 0.264 e. The van der Waals surface area contributed by atoms with E-state index in [1.54, 1.807) is 30.3 Å². The molecule has 3 rings (SSSR count). The van der Waals surface area contributed by atoms with Crippen molar-refractivity contribution in [1.29, 1.82) is 0 Å². The maximum absolute atomic E-state index is 14.1. The van der Waals surface area contributed by atoms with Gasteiger partial charge in [0.25, 0.3) is 10.0 Å². The first-order chi connectivity index (χ1) is 19.1. The number of sulfonamides is 1. The number of nitrogens with one attached hydrogen (secondary N) is 1. The number of aryl methyl sites for hydroxylation is 1. The van der Waals surface area contributed by atoms with E-state index in [0.717, 1.165) is 15.4 Å². The quantitative estimate of drug-likeness (QED) is 0.328. The molecular weight excluding hydrogens is 526 g/mol. The molecule has 0 aliphatic rings. The van der Waals surface area contributed by atoms with Gasteiger partial charge in [0.15, 0.2) is 0 Å². The number of carbonyl (C=O) groups is 2. The van der Waals surface area contributed by atoms with Crippen LogP contribution in [0.1, 0.15) is 38.3 Å². The molecule has 0 spiro atoms. The van der Waals surface area contributed by atoms with Gasteiger partial charge in [-0.05, 0) is 69.0 Å². The molecule has 0 saturated carbocycles. The molecule has 1 N–H and O–H groups in total. The van der Waals surface area contributed by atoms with E-state index < -0.39 is 28.5 Å². The molecule has 0 bridgehead atoms. The van der Waals surface area contributed by atoms with E-state index in [4.69, 9.17) is 4.74 Å². The van der Waals surface area contributed by atoms with E-state index >= 15 is 0 Å². The highest BCUT2D eigenvalue weighted by molar-refractivity contribution is 7.92. The fraction of sp³-hybridized carbons (Fsp3) is 0.355. The highest BCUT2D eigenvalue weighted by Crippen LogP contribution is 2.33. The first-order valence-electron chi connectivity index (χ1n) is 13.4. The van der Waals surface area contributed by atoms with Crippen LogP contribution in [-0.2, 0) is 26.0 Å².